The summed E-state index contributed by atoms with van der Waals surface area (Å²) < 4.78 is 3.99. The van der Waals surface area contributed by atoms with Crippen LogP contribution in [0.5, 0.6) is 0 Å². The topological polar surface area (TPSA) is 49.7 Å². The molecule has 2 N–H and O–H groups in total. The molecule has 0 aromatic heterocycles. The molecule has 0 aliphatic carbocycles. The third-order valence-corrected chi connectivity index (χ3v) is 0.720. The van der Waals surface area contributed by atoms with Crippen LogP contribution < -0.4 is 0 Å². The average Bonchev–Trinajstić information content (AvgIpc) is 1.38. The van der Waals surface area contributed by atoms with Gasteiger partial charge in [-0.3, -0.25) is 0 Å². The van der Waals surface area contributed by atoms with Crippen LogP contribution in [0.15, 0.2) is 0 Å². The summed E-state index contributed by atoms with van der Waals surface area (Å²) >= 11 is 0.426. The molecular formula is H2BO3Y. The fraction of sp³-hybridized carbons (Fsp3) is 0. The maximum atomic E-state index is 7.73. The van der Waals surface area contributed by atoms with Crippen molar-refractivity contribution in [3.8, 4) is 0 Å². The van der Waals surface area contributed by atoms with Crippen LogP contribution in [0.2, 0.25) is 0 Å². The van der Waals surface area contributed by atoms with E-state index in [0.29, 0.717) is 31.5 Å². The Morgan fingerprint density at radius 2 is 1.80 bits per heavy atom. The predicted molar refractivity (Wildman–Crippen MR) is 11.3 cm³/mol. The second kappa shape index (κ2) is 3.25. The first-order chi connectivity index (χ1) is 2.27. The molecule has 0 saturated heterocycles. The summed E-state index contributed by atoms with van der Waals surface area (Å²) in [6.45, 7) is 0. The Morgan fingerprint density at radius 1 is 1.60 bits per heavy atom. The second-order valence-electron chi connectivity index (χ2n) is 0.462. The molecule has 0 unspecified atom stereocenters. The standard InChI is InChI=1S/BH2O3.Y/c2-1(3)4;/h2-3H;/q-1;+1. The van der Waals surface area contributed by atoms with Crippen molar-refractivity contribution in [3.05, 3.63) is 0 Å². The summed E-state index contributed by atoms with van der Waals surface area (Å²) in [4.78, 5) is 0. The fourth-order valence-corrected chi connectivity index (χ4v) is 0. The monoisotopic (exact) mass is 150 g/mol. The molecule has 0 radical (unpaired) electrons. The second-order valence-corrected chi connectivity index (χ2v) is 1.13. The molecule has 0 aliphatic heterocycles. The zero-order valence-electron chi connectivity index (χ0n) is 2.46. The van der Waals surface area contributed by atoms with Gasteiger partial charge in [-0.25, -0.2) is 0 Å². The Kier molecular flexibility index (Phi) is 3.93. The van der Waals surface area contributed by atoms with Gasteiger partial charge >= 0.3 is 50.8 Å². The Hall–Kier alpha value is 1.05. The van der Waals surface area contributed by atoms with Crippen LogP contribution in [0.3, 0.4) is 0 Å². The first-order valence-electron chi connectivity index (χ1n) is 0.988. The molecule has 0 aromatic rings. The Bertz CT molecular complexity index is 20.9. The summed E-state index contributed by atoms with van der Waals surface area (Å²) in [5, 5.41) is 15.5. The third-order valence-electron chi connectivity index (χ3n) is 0.122. The normalized spacial score (nSPS) is 7.40. The molecule has 0 aliphatic rings. The predicted octanol–water partition coefficient (Wildman–Crippen LogP) is -1.57. The number of rotatable bonds is 1. The van der Waals surface area contributed by atoms with E-state index in [-0.39, 0.29) is 0 Å². The van der Waals surface area contributed by atoms with Crippen LogP contribution in [0.1, 0.15) is 0 Å². The van der Waals surface area contributed by atoms with E-state index < -0.39 is 7.32 Å². The molecule has 0 amide bonds. The van der Waals surface area contributed by atoms with E-state index in [0.717, 1.165) is 0 Å². The summed E-state index contributed by atoms with van der Waals surface area (Å²) in [6, 6.07) is 0. The summed E-state index contributed by atoms with van der Waals surface area (Å²) in [6.07, 6.45) is 0. The molecule has 0 bridgehead atoms. The van der Waals surface area contributed by atoms with Crippen LogP contribution in [-0.4, -0.2) is 17.4 Å². The van der Waals surface area contributed by atoms with Gasteiger partial charge in [0.25, 0.3) is 0 Å². The minimum atomic E-state index is -1.56. The van der Waals surface area contributed by atoms with Gasteiger partial charge in [0.2, 0.25) is 0 Å². The molecule has 3 nitrogen and oxygen atoms in total. The zero-order valence-corrected chi connectivity index (χ0v) is 5.30. The molecule has 0 spiro atoms. The van der Waals surface area contributed by atoms with Gasteiger partial charge in [0, 0.05) is 0 Å². The third kappa shape index (κ3) is 5.05. The van der Waals surface area contributed by atoms with Crippen molar-refractivity contribution in [3.63, 3.8) is 0 Å². The Balaban J connectivity index is 2.54. The van der Waals surface area contributed by atoms with E-state index in [2.05, 4.69) is 1.97 Å². The molecule has 0 fully saturated rings. The van der Waals surface area contributed by atoms with E-state index in [9.17, 15) is 0 Å². The van der Waals surface area contributed by atoms with Crippen molar-refractivity contribution in [2.75, 3.05) is 0 Å². The van der Waals surface area contributed by atoms with E-state index in [1.807, 2.05) is 0 Å². The summed E-state index contributed by atoms with van der Waals surface area (Å²) in [5.41, 5.74) is 0. The van der Waals surface area contributed by atoms with Crippen LogP contribution in [0.4, 0.5) is 0 Å². The van der Waals surface area contributed by atoms with Gasteiger partial charge in [0.05, 0.1) is 0 Å². The molecule has 0 atom stereocenters. The van der Waals surface area contributed by atoms with E-state index in [4.69, 9.17) is 10.0 Å². The van der Waals surface area contributed by atoms with Crippen LogP contribution in [0, 0.1) is 0 Å². The molecule has 5 heteroatoms. The molecule has 0 saturated carbocycles. The Morgan fingerprint density at radius 3 is 1.80 bits per heavy atom. The van der Waals surface area contributed by atoms with Crippen molar-refractivity contribution in [2.45, 2.75) is 0 Å². The van der Waals surface area contributed by atoms with E-state index >= 15 is 0 Å². The molecule has 0 aromatic carbocycles. The molecule has 26 valence electrons. The van der Waals surface area contributed by atoms with E-state index in [1.54, 1.807) is 0 Å². The average molecular weight is 150 g/mol. The van der Waals surface area contributed by atoms with Gasteiger partial charge < -0.3 is 0 Å². The summed E-state index contributed by atoms with van der Waals surface area (Å²) in [7, 11) is -1.56. The van der Waals surface area contributed by atoms with Gasteiger partial charge in [0.15, 0.2) is 0 Å². The molecule has 0 rings (SSSR count). The van der Waals surface area contributed by atoms with Gasteiger partial charge in [0.1, 0.15) is 0 Å². The SMILES string of the molecule is OB(O)[O][Y]. The van der Waals surface area contributed by atoms with Crippen LogP contribution >= 0.6 is 0 Å². The van der Waals surface area contributed by atoms with Crippen molar-refractivity contribution >= 4 is 7.32 Å². The van der Waals surface area contributed by atoms with Gasteiger partial charge in [-0.15, -0.1) is 0 Å². The van der Waals surface area contributed by atoms with Crippen LogP contribution in [-0.2, 0) is 33.4 Å². The minimum absolute atomic E-state index is 0.426. The number of hydrogen-bond acceptors (Lipinski definition) is 3. The molecule has 0 heterocycles. The van der Waals surface area contributed by atoms with Gasteiger partial charge in [-0.2, -0.15) is 0 Å². The molecular weight excluding hydrogens is 148 g/mol. The van der Waals surface area contributed by atoms with Crippen molar-refractivity contribution in [2.24, 2.45) is 0 Å². The number of hydrogen-bond donors (Lipinski definition) is 2. The maximum absolute atomic E-state index is 7.73. The van der Waals surface area contributed by atoms with Crippen LogP contribution in [0.25, 0.3) is 0 Å². The first-order valence-corrected chi connectivity index (χ1v) is 2.15. The first kappa shape index (κ1) is 6.05. The summed E-state index contributed by atoms with van der Waals surface area (Å²) in [5.74, 6) is 0. The Labute approximate surface area is 50.8 Å². The van der Waals surface area contributed by atoms with Crippen molar-refractivity contribution in [1.82, 2.24) is 0 Å². The molecule has 5 heavy (non-hydrogen) atoms. The zero-order chi connectivity index (χ0) is 4.28. The van der Waals surface area contributed by atoms with E-state index in [1.165, 1.54) is 0 Å². The fourth-order valence-electron chi connectivity index (χ4n) is 0. The van der Waals surface area contributed by atoms with Gasteiger partial charge in [-0.1, -0.05) is 0 Å². The van der Waals surface area contributed by atoms with Crippen molar-refractivity contribution in [1.29, 1.82) is 0 Å². The quantitative estimate of drug-likeness (QED) is 0.444. The van der Waals surface area contributed by atoms with Crippen molar-refractivity contribution < 1.29 is 43.5 Å². The van der Waals surface area contributed by atoms with Gasteiger partial charge in [-0.05, 0) is 0 Å².